The highest BCUT2D eigenvalue weighted by Gasteiger charge is 2.16. The average molecular weight is 388 g/mol. The highest BCUT2D eigenvalue weighted by Crippen LogP contribution is 2.11. The summed E-state index contributed by atoms with van der Waals surface area (Å²) >= 11 is 0. The standard InChI is InChI=1S/C20H28N4O4/c1-3-23(14-11-18(26)27)17(25)10-5-4-7-12-21-20(28)19-15(2)22-16-9-6-8-13-24(16)19/h6,8-9,13H,3-5,7,10-12,14H2,1-2H3,(H,21,28)(H,26,27). The molecule has 0 bridgehead atoms. The Hall–Kier alpha value is -2.90. The number of fused-ring (bicyclic) bond motifs is 1. The summed E-state index contributed by atoms with van der Waals surface area (Å²) in [6.07, 6.45) is 4.49. The summed E-state index contributed by atoms with van der Waals surface area (Å²) in [6, 6.07) is 5.60. The molecule has 0 fully saturated rings. The number of amides is 2. The fourth-order valence-corrected chi connectivity index (χ4v) is 3.10. The van der Waals surface area contributed by atoms with Crippen LogP contribution in [0.4, 0.5) is 0 Å². The number of hydrogen-bond donors (Lipinski definition) is 2. The van der Waals surface area contributed by atoms with Crippen molar-refractivity contribution in [1.82, 2.24) is 19.6 Å². The Morgan fingerprint density at radius 1 is 1.18 bits per heavy atom. The molecule has 2 rings (SSSR count). The minimum absolute atomic E-state index is 0.0193. The van der Waals surface area contributed by atoms with Gasteiger partial charge in [0.15, 0.2) is 0 Å². The second-order valence-electron chi connectivity index (χ2n) is 6.66. The van der Waals surface area contributed by atoms with Gasteiger partial charge >= 0.3 is 5.97 Å². The molecule has 0 unspecified atom stereocenters. The summed E-state index contributed by atoms with van der Waals surface area (Å²) < 4.78 is 1.78. The van der Waals surface area contributed by atoms with E-state index >= 15 is 0 Å². The van der Waals surface area contributed by atoms with E-state index in [1.165, 1.54) is 0 Å². The Morgan fingerprint density at radius 2 is 1.96 bits per heavy atom. The summed E-state index contributed by atoms with van der Waals surface area (Å²) in [5.74, 6) is -1.07. The van der Waals surface area contributed by atoms with Gasteiger partial charge in [-0.1, -0.05) is 12.5 Å². The highest BCUT2D eigenvalue weighted by molar-refractivity contribution is 5.94. The minimum Gasteiger partial charge on any atom is -0.481 e. The van der Waals surface area contributed by atoms with Gasteiger partial charge in [0, 0.05) is 32.3 Å². The van der Waals surface area contributed by atoms with Gasteiger partial charge in [0.05, 0.1) is 12.1 Å². The third-order valence-electron chi connectivity index (χ3n) is 4.60. The number of aromatic nitrogens is 2. The molecule has 2 N–H and O–H groups in total. The molecule has 8 nitrogen and oxygen atoms in total. The zero-order valence-electron chi connectivity index (χ0n) is 16.5. The highest BCUT2D eigenvalue weighted by atomic mass is 16.4. The van der Waals surface area contributed by atoms with E-state index in [0.29, 0.717) is 37.3 Å². The number of carbonyl (C=O) groups excluding carboxylic acids is 2. The van der Waals surface area contributed by atoms with Crippen molar-refractivity contribution in [3.05, 3.63) is 35.8 Å². The zero-order valence-corrected chi connectivity index (χ0v) is 16.5. The molecule has 2 heterocycles. The Labute approximate surface area is 164 Å². The molecule has 0 radical (unpaired) electrons. The molecular weight excluding hydrogens is 360 g/mol. The lowest BCUT2D eigenvalue weighted by atomic mass is 10.1. The first-order chi connectivity index (χ1) is 13.4. The number of imidazole rings is 1. The van der Waals surface area contributed by atoms with Crippen molar-refractivity contribution >= 4 is 23.4 Å². The first kappa shape index (κ1) is 21.4. The molecule has 2 amide bonds. The molecule has 0 aliphatic heterocycles. The number of hydrogen-bond acceptors (Lipinski definition) is 4. The van der Waals surface area contributed by atoms with Crippen LogP contribution < -0.4 is 5.32 Å². The van der Waals surface area contributed by atoms with Gasteiger partial charge in [-0.05, 0) is 38.8 Å². The molecule has 152 valence electrons. The van der Waals surface area contributed by atoms with Crippen molar-refractivity contribution in [1.29, 1.82) is 0 Å². The molecule has 2 aromatic heterocycles. The largest absolute Gasteiger partial charge is 0.481 e. The van der Waals surface area contributed by atoms with Gasteiger partial charge in [0.1, 0.15) is 11.3 Å². The van der Waals surface area contributed by atoms with Crippen molar-refractivity contribution in [2.45, 2.75) is 46.0 Å². The number of carboxylic acids is 1. The number of rotatable bonds is 11. The normalized spacial score (nSPS) is 10.8. The Kier molecular flexibility index (Phi) is 7.98. The summed E-state index contributed by atoms with van der Waals surface area (Å²) in [6.45, 7) is 4.96. The van der Waals surface area contributed by atoms with Crippen LogP contribution in [-0.2, 0) is 9.59 Å². The van der Waals surface area contributed by atoms with Crippen molar-refractivity contribution in [3.63, 3.8) is 0 Å². The van der Waals surface area contributed by atoms with Crippen molar-refractivity contribution in [2.24, 2.45) is 0 Å². The maximum absolute atomic E-state index is 12.5. The van der Waals surface area contributed by atoms with Crippen LogP contribution in [0.25, 0.3) is 5.65 Å². The zero-order chi connectivity index (χ0) is 20.5. The number of unbranched alkanes of at least 4 members (excludes halogenated alkanes) is 2. The molecule has 0 aliphatic carbocycles. The van der Waals surface area contributed by atoms with Gasteiger partial charge in [-0.2, -0.15) is 0 Å². The molecule has 0 saturated carbocycles. The Balaban J connectivity index is 1.70. The number of nitrogens with one attached hydrogen (secondary N) is 1. The van der Waals surface area contributed by atoms with E-state index < -0.39 is 5.97 Å². The number of aryl methyl sites for hydroxylation is 1. The molecular formula is C20H28N4O4. The fourth-order valence-electron chi connectivity index (χ4n) is 3.10. The van der Waals surface area contributed by atoms with Crippen LogP contribution in [0.3, 0.4) is 0 Å². The quantitative estimate of drug-likeness (QED) is 0.575. The van der Waals surface area contributed by atoms with E-state index in [1.54, 1.807) is 9.30 Å². The van der Waals surface area contributed by atoms with E-state index in [0.717, 1.165) is 18.5 Å². The number of nitrogens with zero attached hydrogens (tertiary/aromatic N) is 3. The lowest BCUT2D eigenvalue weighted by molar-refractivity contribution is -0.138. The number of aliphatic carboxylic acids is 1. The average Bonchev–Trinajstić information content (AvgIpc) is 3.00. The van der Waals surface area contributed by atoms with Crippen molar-refractivity contribution in [3.8, 4) is 0 Å². The third-order valence-corrected chi connectivity index (χ3v) is 4.60. The van der Waals surface area contributed by atoms with Crippen LogP contribution in [0.2, 0.25) is 0 Å². The lowest BCUT2D eigenvalue weighted by Crippen LogP contribution is -2.32. The second-order valence-corrected chi connectivity index (χ2v) is 6.66. The monoisotopic (exact) mass is 388 g/mol. The summed E-state index contributed by atoms with van der Waals surface area (Å²) in [5, 5.41) is 11.6. The number of pyridine rings is 1. The molecule has 28 heavy (non-hydrogen) atoms. The SMILES string of the molecule is CCN(CCC(=O)O)C(=O)CCCCCNC(=O)c1c(C)nc2ccccn12. The van der Waals surface area contributed by atoms with Crippen LogP contribution in [-0.4, -0.2) is 56.8 Å². The molecule has 8 heteroatoms. The van der Waals surface area contributed by atoms with Crippen LogP contribution >= 0.6 is 0 Å². The van der Waals surface area contributed by atoms with Gasteiger partial charge < -0.3 is 15.3 Å². The van der Waals surface area contributed by atoms with Gasteiger partial charge in [0.2, 0.25) is 5.91 Å². The van der Waals surface area contributed by atoms with Crippen LogP contribution in [0.15, 0.2) is 24.4 Å². The molecule has 0 spiro atoms. The predicted octanol–water partition coefficient (Wildman–Crippen LogP) is 2.26. The summed E-state index contributed by atoms with van der Waals surface area (Å²) in [7, 11) is 0. The van der Waals surface area contributed by atoms with Crippen LogP contribution in [0.5, 0.6) is 0 Å². The van der Waals surface area contributed by atoms with E-state index in [9.17, 15) is 14.4 Å². The maximum atomic E-state index is 12.5. The molecule has 2 aromatic rings. The van der Waals surface area contributed by atoms with Crippen molar-refractivity contribution < 1.29 is 19.5 Å². The number of carboxylic acid groups (broad SMARTS) is 1. The van der Waals surface area contributed by atoms with Crippen LogP contribution in [0.1, 0.15) is 55.2 Å². The van der Waals surface area contributed by atoms with E-state index in [2.05, 4.69) is 10.3 Å². The van der Waals surface area contributed by atoms with Gasteiger partial charge in [-0.15, -0.1) is 0 Å². The first-order valence-electron chi connectivity index (χ1n) is 9.65. The third kappa shape index (κ3) is 5.80. The summed E-state index contributed by atoms with van der Waals surface area (Å²) in [4.78, 5) is 41.1. The van der Waals surface area contributed by atoms with Gasteiger partial charge in [-0.3, -0.25) is 18.8 Å². The van der Waals surface area contributed by atoms with Crippen LogP contribution in [0, 0.1) is 6.92 Å². The minimum atomic E-state index is -0.900. The van der Waals surface area contributed by atoms with Crippen molar-refractivity contribution in [2.75, 3.05) is 19.6 Å². The molecule has 0 atom stereocenters. The molecule has 0 aromatic carbocycles. The van der Waals surface area contributed by atoms with Gasteiger partial charge in [-0.25, -0.2) is 4.98 Å². The Bertz CT molecular complexity index is 831. The van der Waals surface area contributed by atoms with E-state index in [1.807, 2.05) is 38.2 Å². The fraction of sp³-hybridized carbons (Fsp3) is 0.500. The van der Waals surface area contributed by atoms with E-state index in [4.69, 9.17) is 5.11 Å². The first-order valence-corrected chi connectivity index (χ1v) is 9.65. The Morgan fingerprint density at radius 3 is 2.68 bits per heavy atom. The van der Waals surface area contributed by atoms with E-state index in [-0.39, 0.29) is 24.8 Å². The molecule has 0 saturated heterocycles. The topological polar surface area (TPSA) is 104 Å². The molecule has 0 aliphatic rings. The predicted molar refractivity (Wildman–Crippen MR) is 105 cm³/mol. The number of carbonyl (C=O) groups is 3. The smallest absolute Gasteiger partial charge is 0.305 e. The summed E-state index contributed by atoms with van der Waals surface area (Å²) in [5.41, 5.74) is 1.98. The maximum Gasteiger partial charge on any atom is 0.305 e. The second kappa shape index (κ2) is 10.4. The van der Waals surface area contributed by atoms with Gasteiger partial charge in [0.25, 0.3) is 5.91 Å². The lowest BCUT2D eigenvalue weighted by Gasteiger charge is -2.19.